The average molecular weight is 191 g/mol. The molecule has 0 radical (unpaired) electrons. The van der Waals surface area contributed by atoms with Crippen LogP contribution in [0.4, 0.5) is 0 Å². The minimum Gasteiger partial charge on any atom is -0.308 e. The molecule has 0 saturated carbocycles. The molecule has 12 heavy (non-hydrogen) atoms. The van der Waals surface area contributed by atoms with E-state index in [0.29, 0.717) is 13.2 Å². The van der Waals surface area contributed by atoms with Crippen molar-refractivity contribution < 1.29 is 13.6 Å². The number of nitrogens with zero attached hydrogens (tertiary/aromatic N) is 1. The lowest BCUT2D eigenvalue weighted by Crippen LogP contribution is -2.07. The first-order valence-corrected chi connectivity index (χ1v) is 5.50. The lowest BCUT2D eigenvalue weighted by molar-refractivity contribution is 0.217. The molecule has 0 aromatic carbocycles. The molecular weight excluding hydrogens is 177 g/mol. The second-order valence-corrected chi connectivity index (χ2v) is 4.55. The van der Waals surface area contributed by atoms with E-state index in [1.54, 1.807) is 13.8 Å². The van der Waals surface area contributed by atoms with Crippen LogP contribution in [0.15, 0.2) is 0 Å². The molecule has 0 amide bonds. The molecule has 0 aliphatic rings. The maximum absolute atomic E-state index is 11.7. The highest BCUT2D eigenvalue weighted by atomic mass is 31.2. The van der Waals surface area contributed by atoms with Crippen LogP contribution in [0.5, 0.6) is 0 Å². The average Bonchev–Trinajstić information content (AvgIpc) is 2.04. The standard InChI is InChI=1S/C7H14NO3P/c1-4-10-12(9,11-5-2)7(3)6-8/h7H,4-5H2,1-3H3/t7-/m0/s1. The van der Waals surface area contributed by atoms with Crippen molar-refractivity contribution in [2.75, 3.05) is 13.2 Å². The van der Waals surface area contributed by atoms with Crippen molar-refractivity contribution in [2.45, 2.75) is 26.4 Å². The lowest BCUT2D eigenvalue weighted by Gasteiger charge is -2.18. The molecule has 0 heterocycles. The van der Waals surface area contributed by atoms with Crippen molar-refractivity contribution in [3.8, 4) is 6.07 Å². The van der Waals surface area contributed by atoms with Gasteiger partial charge in [-0.15, -0.1) is 0 Å². The van der Waals surface area contributed by atoms with Gasteiger partial charge in [-0.05, 0) is 20.8 Å². The van der Waals surface area contributed by atoms with Crippen LogP contribution in [0.3, 0.4) is 0 Å². The third-order valence-electron chi connectivity index (χ3n) is 1.28. The smallest absolute Gasteiger partial charge is 0.308 e. The van der Waals surface area contributed by atoms with Gasteiger partial charge in [-0.1, -0.05) is 0 Å². The van der Waals surface area contributed by atoms with E-state index in [4.69, 9.17) is 14.3 Å². The quantitative estimate of drug-likeness (QED) is 0.625. The summed E-state index contributed by atoms with van der Waals surface area (Å²) in [6, 6.07) is 1.86. The predicted octanol–water partition coefficient (Wildman–Crippen LogP) is 2.16. The molecule has 0 aromatic rings. The van der Waals surface area contributed by atoms with Crippen LogP contribution in [0.25, 0.3) is 0 Å². The second kappa shape index (κ2) is 5.31. The van der Waals surface area contributed by atoms with Gasteiger partial charge >= 0.3 is 7.60 Å². The van der Waals surface area contributed by atoms with Gasteiger partial charge in [-0.25, -0.2) is 0 Å². The van der Waals surface area contributed by atoms with Crippen molar-refractivity contribution >= 4 is 7.60 Å². The number of rotatable bonds is 5. The van der Waals surface area contributed by atoms with Crippen LogP contribution in [-0.2, 0) is 13.6 Å². The summed E-state index contributed by atoms with van der Waals surface area (Å²) in [4.78, 5) is 0. The van der Waals surface area contributed by atoms with Crippen LogP contribution < -0.4 is 0 Å². The Morgan fingerprint density at radius 1 is 1.42 bits per heavy atom. The van der Waals surface area contributed by atoms with E-state index in [1.165, 1.54) is 6.92 Å². The van der Waals surface area contributed by atoms with E-state index in [0.717, 1.165) is 0 Å². The fourth-order valence-electron chi connectivity index (χ4n) is 0.691. The molecule has 0 spiro atoms. The zero-order chi connectivity index (χ0) is 9.61. The van der Waals surface area contributed by atoms with Gasteiger partial charge in [0.2, 0.25) is 0 Å². The van der Waals surface area contributed by atoms with E-state index in [9.17, 15) is 4.57 Å². The Morgan fingerprint density at radius 3 is 2.08 bits per heavy atom. The molecule has 70 valence electrons. The highest BCUT2D eigenvalue weighted by Crippen LogP contribution is 2.52. The van der Waals surface area contributed by atoms with E-state index < -0.39 is 13.3 Å². The Bertz CT molecular complexity index is 201. The van der Waals surface area contributed by atoms with Gasteiger partial charge in [-0.3, -0.25) is 4.57 Å². The van der Waals surface area contributed by atoms with Crippen LogP contribution >= 0.6 is 7.60 Å². The van der Waals surface area contributed by atoms with Crippen LogP contribution in [-0.4, -0.2) is 18.9 Å². The van der Waals surface area contributed by atoms with E-state index in [2.05, 4.69) is 0 Å². The van der Waals surface area contributed by atoms with Crippen molar-refractivity contribution in [3.63, 3.8) is 0 Å². The third-order valence-corrected chi connectivity index (χ3v) is 3.58. The molecular formula is C7H14NO3P. The Kier molecular flexibility index (Phi) is 5.16. The Balaban J connectivity index is 4.40. The van der Waals surface area contributed by atoms with Gasteiger partial charge in [0.15, 0.2) is 0 Å². The lowest BCUT2D eigenvalue weighted by atomic mass is 10.5. The molecule has 0 unspecified atom stereocenters. The molecule has 0 aliphatic heterocycles. The van der Waals surface area contributed by atoms with Crippen molar-refractivity contribution in [2.24, 2.45) is 0 Å². The van der Waals surface area contributed by atoms with Gasteiger partial charge in [0.1, 0.15) is 5.66 Å². The Morgan fingerprint density at radius 2 is 1.83 bits per heavy atom. The maximum Gasteiger partial charge on any atom is 0.347 e. The molecule has 5 heteroatoms. The first kappa shape index (κ1) is 11.6. The van der Waals surface area contributed by atoms with Gasteiger partial charge in [0, 0.05) is 0 Å². The van der Waals surface area contributed by atoms with Crippen LogP contribution in [0.1, 0.15) is 20.8 Å². The highest BCUT2D eigenvalue weighted by Gasteiger charge is 2.31. The SMILES string of the molecule is CCOP(=O)(OCC)[C@@H](C)C#N. The second-order valence-electron chi connectivity index (χ2n) is 2.18. The summed E-state index contributed by atoms with van der Waals surface area (Å²) in [5.74, 6) is 0. The van der Waals surface area contributed by atoms with Gasteiger partial charge in [-0.2, -0.15) is 5.26 Å². The first-order valence-electron chi connectivity index (χ1n) is 3.89. The fourth-order valence-corrected chi connectivity index (χ4v) is 2.07. The summed E-state index contributed by atoms with van der Waals surface area (Å²) >= 11 is 0. The van der Waals surface area contributed by atoms with E-state index in [1.807, 2.05) is 6.07 Å². The van der Waals surface area contributed by atoms with E-state index >= 15 is 0 Å². The summed E-state index contributed by atoms with van der Waals surface area (Å²) in [5.41, 5.74) is -0.697. The van der Waals surface area contributed by atoms with Crippen LogP contribution in [0, 0.1) is 11.3 Å². The molecule has 0 aromatic heterocycles. The Hall–Kier alpha value is -0.360. The zero-order valence-electron chi connectivity index (χ0n) is 7.61. The predicted molar refractivity (Wildman–Crippen MR) is 45.9 cm³/mol. The summed E-state index contributed by atoms with van der Waals surface area (Å²) in [6.07, 6.45) is 0. The van der Waals surface area contributed by atoms with Gasteiger partial charge in [0.25, 0.3) is 0 Å². The molecule has 0 bridgehead atoms. The maximum atomic E-state index is 11.7. The number of hydrogen-bond acceptors (Lipinski definition) is 4. The first-order chi connectivity index (χ1) is 5.60. The molecule has 0 N–H and O–H groups in total. The molecule has 4 nitrogen and oxygen atoms in total. The summed E-state index contributed by atoms with van der Waals surface area (Å²) in [6.45, 7) is 5.56. The third kappa shape index (κ3) is 2.94. The minimum atomic E-state index is -3.17. The van der Waals surface area contributed by atoms with Crippen molar-refractivity contribution in [1.29, 1.82) is 5.26 Å². The number of hydrogen-bond donors (Lipinski definition) is 0. The largest absolute Gasteiger partial charge is 0.347 e. The van der Waals surface area contributed by atoms with E-state index in [-0.39, 0.29) is 0 Å². The highest BCUT2D eigenvalue weighted by molar-refractivity contribution is 7.54. The van der Waals surface area contributed by atoms with Crippen molar-refractivity contribution in [3.05, 3.63) is 0 Å². The summed E-state index contributed by atoms with van der Waals surface area (Å²) in [5, 5.41) is 8.54. The van der Waals surface area contributed by atoms with Crippen LogP contribution in [0.2, 0.25) is 0 Å². The zero-order valence-corrected chi connectivity index (χ0v) is 8.51. The van der Waals surface area contributed by atoms with Gasteiger partial charge < -0.3 is 9.05 Å². The Labute approximate surface area is 73.0 Å². The normalized spacial score (nSPS) is 13.8. The molecule has 0 saturated heterocycles. The number of nitriles is 1. The molecule has 0 rings (SSSR count). The summed E-state index contributed by atoms with van der Waals surface area (Å²) in [7, 11) is -3.17. The molecule has 0 aliphatic carbocycles. The fraction of sp³-hybridized carbons (Fsp3) is 0.857. The van der Waals surface area contributed by atoms with Crippen molar-refractivity contribution in [1.82, 2.24) is 0 Å². The molecule has 1 atom stereocenters. The topological polar surface area (TPSA) is 59.3 Å². The monoisotopic (exact) mass is 191 g/mol. The molecule has 0 fully saturated rings. The van der Waals surface area contributed by atoms with Gasteiger partial charge in [0.05, 0.1) is 19.3 Å². The summed E-state index contributed by atoms with van der Waals surface area (Å²) < 4.78 is 21.5. The minimum absolute atomic E-state index is 0.295.